The highest BCUT2D eigenvalue weighted by Gasteiger charge is 2.25. The van der Waals surface area contributed by atoms with Crippen molar-refractivity contribution in [2.45, 2.75) is 58.3 Å². The minimum Gasteiger partial charge on any atom is -0.206 e. The number of benzene rings is 2. The maximum absolute atomic E-state index is 14.2. The lowest BCUT2D eigenvalue weighted by Crippen LogP contribution is -2.13. The van der Waals surface area contributed by atoms with Gasteiger partial charge >= 0.3 is 0 Å². The first-order valence-corrected chi connectivity index (χ1v) is 9.90. The Kier molecular flexibility index (Phi) is 6.41. The van der Waals surface area contributed by atoms with Gasteiger partial charge in [0.1, 0.15) is 5.82 Å². The van der Waals surface area contributed by atoms with E-state index in [0.29, 0.717) is 22.6 Å². The SMILES string of the molecule is CCCc1ccc(C=CC2CCC(c3ccc(C)c(F)c3F)CC2)c(F)c1. The average Bonchev–Trinajstić information content (AvgIpc) is 2.66. The lowest BCUT2D eigenvalue weighted by atomic mass is 9.78. The summed E-state index contributed by atoms with van der Waals surface area (Å²) < 4.78 is 42.2. The van der Waals surface area contributed by atoms with Crippen molar-refractivity contribution in [3.63, 3.8) is 0 Å². The van der Waals surface area contributed by atoms with E-state index >= 15 is 0 Å². The number of hydrogen-bond acceptors (Lipinski definition) is 0. The smallest absolute Gasteiger partial charge is 0.162 e. The van der Waals surface area contributed by atoms with E-state index in [-0.39, 0.29) is 11.7 Å². The summed E-state index contributed by atoms with van der Waals surface area (Å²) in [6.07, 6.45) is 9.29. The summed E-state index contributed by atoms with van der Waals surface area (Å²) in [7, 11) is 0. The third kappa shape index (κ3) is 4.63. The highest BCUT2D eigenvalue weighted by atomic mass is 19.2. The van der Waals surface area contributed by atoms with Gasteiger partial charge in [0, 0.05) is 5.56 Å². The van der Waals surface area contributed by atoms with Crippen molar-refractivity contribution >= 4 is 6.08 Å². The van der Waals surface area contributed by atoms with Crippen molar-refractivity contribution in [2.75, 3.05) is 0 Å². The van der Waals surface area contributed by atoms with Crippen LogP contribution in [0.4, 0.5) is 13.2 Å². The zero-order valence-corrected chi connectivity index (χ0v) is 16.1. The van der Waals surface area contributed by atoms with Gasteiger partial charge in [-0.1, -0.05) is 49.8 Å². The van der Waals surface area contributed by atoms with Crippen molar-refractivity contribution in [2.24, 2.45) is 5.92 Å². The second kappa shape index (κ2) is 8.77. The summed E-state index contributed by atoms with van der Waals surface area (Å²) in [6, 6.07) is 8.83. The van der Waals surface area contributed by atoms with E-state index in [1.807, 2.05) is 18.2 Å². The maximum Gasteiger partial charge on any atom is 0.162 e. The summed E-state index contributed by atoms with van der Waals surface area (Å²) in [5.41, 5.74) is 2.49. The highest BCUT2D eigenvalue weighted by molar-refractivity contribution is 5.51. The average molecular weight is 372 g/mol. The van der Waals surface area contributed by atoms with Crippen LogP contribution in [0, 0.1) is 30.3 Å². The number of hydrogen-bond donors (Lipinski definition) is 0. The molecule has 3 rings (SSSR count). The molecule has 0 heterocycles. The van der Waals surface area contributed by atoms with Crippen LogP contribution < -0.4 is 0 Å². The van der Waals surface area contributed by atoms with E-state index in [4.69, 9.17) is 0 Å². The van der Waals surface area contributed by atoms with E-state index in [2.05, 4.69) is 13.0 Å². The van der Waals surface area contributed by atoms with Crippen molar-refractivity contribution < 1.29 is 13.2 Å². The molecule has 144 valence electrons. The molecule has 0 saturated heterocycles. The fourth-order valence-corrected chi connectivity index (χ4v) is 3.99. The Morgan fingerprint density at radius 1 is 0.963 bits per heavy atom. The molecule has 27 heavy (non-hydrogen) atoms. The summed E-state index contributed by atoms with van der Waals surface area (Å²) in [6.45, 7) is 3.66. The van der Waals surface area contributed by atoms with Crippen molar-refractivity contribution in [3.05, 3.63) is 76.1 Å². The van der Waals surface area contributed by atoms with E-state index in [0.717, 1.165) is 44.1 Å². The molecule has 1 saturated carbocycles. The Hall–Kier alpha value is -2.03. The Balaban J connectivity index is 1.61. The Morgan fingerprint density at radius 2 is 1.70 bits per heavy atom. The molecule has 3 heteroatoms. The molecule has 0 bridgehead atoms. The van der Waals surface area contributed by atoms with Gasteiger partial charge in [-0.15, -0.1) is 0 Å². The van der Waals surface area contributed by atoms with Gasteiger partial charge < -0.3 is 0 Å². The molecule has 2 aromatic rings. The zero-order valence-electron chi connectivity index (χ0n) is 16.1. The van der Waals surface area contributed by atoms with Crippen LogP contribution in [0.5, 0.6) is 0 Å². The van der Waals surface area contributed by atoms with Crippen molar-refractivity contribution in [3.8, 4) is 0 Å². The van der Waals surface area contributed by atoms with Gasteiger partial charge in [0.2, 0.25) is 0 Å². The van der Waals surface area contributed by atoms with Gasteiger partial charge in [-0.25, -0.2) is 13.2 Å². The van der Waals surface area contributed by atoms with Crippen LogP contribution in [-0.4, -0.2) is 0 Å². The van der Waals surface area contributed by atoms with Crippen LogP contribution in [0.3, 0.4) is 0 Å². The van der Waals surface area contributed by atoms with Gasteiger partial charge in [0.15, 0.2) is 11.6 Å². The molecule has 0 amide bonds. The first-order valence-electron chi connectivity index (χ1n) is 9.90. The summed E-state index contributed by atoms with van der Waals surface area (Å²) in [5.74, 6) is -1.17. The molecule has 0 atom stereocenters. The van der Waals surface area contributed by atoms with Crippen molar-refractivity contribution in [1.29, 1.82) is 0 Å². The van der Waals surface area contributed by atoms with E-state index in [1.54, 1.807) is 25.1 Å². The molecule has 0 spiro atoms. The molecule has 0 unspecified atom stereocenters. The summed E-state index contributed by atoms with van der Waals surface area (Å²) in [4.78, 5) is 0. The van der Waals surface area contributed by atoms with Gasteiger partial charge in [-0.3, -0.25) is 0 Å². The molecule has 2 aromatic carbocycles. The Labute approximate surface area is 160 Å². The first kappa shape index (κ1) is 19.7. The molecule has 0 nitrogen and oxygen atoms in total. The largest absolute Gasteiger partial charge is 0.206 e. The van der Waals surface area contributed by atoms with E-state index < -0.39 is 11.6 Å². The predicted molar refractivity (Wildman–Crippen MR) is 105 cm³/mol. The predicted octanol–water partition coefficient (Wildman–Crippen LogP) is 7.35. The highest BCUT2D eigenvalue weighted by Crippen LogP contribution is 2.38. The maximum atomic E-state index is 14.2. The van der Waals surface area contributed by atoms with Crippen LogP contribution in [0.1, 0.15) is 67.2 Å². The Morgan fingerprint density at radius 3 is 2.37 bits per heavy atom. The van der Waals surface area contributed by atoms with Crippen LogP contribution in [-0.2, 0) is 6.42 Å². The molecule has 0 N–H and O–H groups in total. The number of halogens is 3. The molecule has 1 aliphatic rings. The van der Waals surface area contributed by atoms with Crippen molar-refractivity contribution in [1.82, 2.24) is 0 Å². The van der Waals surface area contributed by atoms with Crippen LogP contribution in [0.15, 0.2) is 36.4 Å². The monoisotopic (exact) mass is 372 g/mol. The van der Waals surface area contributed by atoms with Crippen LogP contribution >= 0.6 is 0 Å². The van der Waals surface area contributed by atoms with Crippen LogP contribution in [0.25, 0.3) is 6.08 Å². The van der Waals surface area contributed by atoms with E-state index in [9.17, 15) is 13.2 Å². The first-order chi connectivity index (χ1) is 13.0. The van der Waals surface area contributed by atoms with Gasteiger partial charge in [-0.05, 0) is 73.6 Å². The number of allylic oxidation sites excluding steroid dienone is 1. The molecule has 1 aliphatic carbocycles. The molecule has 1 fully saturated rings. The summed E-state index contributed by atoms with van der Waals surface area (Å²) >= 11 is 0. The quantitative estimate of drug-likeness (QED) is 0.514. The molecule has 0 aromatic heterocycles. The second-order valence-corrected chi connectivity index (χ2v) is 7.68. The fourth-order valence-electron chi connectivity index (χ4n) is 3.99. The Bertz CT molecular complexity index is 815. The van der Waals surface area contributed by atoms with Gasteiger partial charge in [0.25, 0.3) is 0 Å². The molecule has 0 radical (unpaired) electrons. The van der Waals surface area contributed by atoms with Gasteiger partial charge in [0.05, 0.1) is 0 Å². The summed E-state index contributed by atoms with van der Waals surface area (Å²) in [5, 5.41) is 0. The third-order valence-electron chi connectivity index (χ3n) is 5.67. The number of aryl methyl sites for hydroxylation is 2. The zero-order chi connectivity index (χ0) is 19.4. The minimum absolute atomic E-state index is 0.0646. The number of rotatable bonds is 5. The van der Waals surface area contributed by atoms with E-state index in [1.165, 1.54) is 0 Å². The standard InChI is InChI=1S/C24H27F3/c1-3-4-18-9-13-20(22(25)15-18)12-8-17-6-10-19(11-7-17)21-14-5-16(2)23(26)24(21)27/h5,8-9,12-15,17,19H,3-4,6-7,10-11H2,1-2H3. The normalized spacial score (nSPS) is 20.3. The van der Waals surface area contributed by atoms with Crippen LogP contribution in [0.2, 0.25) is 0 Å². The molecule has 0 aliphatic heterocycles. The lowest BCUT2D eigenvalue weighted by Gasteiger charge is -2.27. The lowest BCUT2D eigenvalue weighted by molar-refractivity contribution is 0.364. The topological polar surface area (TPSA) is 0 Å². The molecular weight excluding hydrogens is 345 g/mol. The fraction of sp³-hybridized carbons (Fsp3) is 0.417. The third-order valence-corrected chi connectivity index (χ3v) is 5.67. The molecular formula is C24H27F3. The minimum atomic E-state index is -0.725. The van der Waals surface area contributed by atoms with Gasteiger partial charge in [-0.2, -0.15) is 0 Å². The second-order valence-electron chi connectivity index (χ2n) is 7.68.